The molecule has 1 amide bonds. The van der Waals surface area contributed by atoms with Crippen molar-refractivity contribution >= 4 is 28.2 Å². The maximum atomic E-state index is 13.0. The number of aromatic nitrogens is 3. The van der Waals surface area contributed by atoms with Gasteiger partial charge in [0, 0.05) is 19.3 Å². The van der Waals surface area contributed by atoms with E-state index < -0.39 is 16.9 Å². The summed E-state index contributed by atoms with van der Waals surface area (Å²) in [7, 11) is 1.73. The number of nitro groups is 1. The Bertz CT molecular complexity index is 1420. The molecule has 0 radical (unpaired) electrons. The maximum Gasteiger partial charge on any atom is 0.295 e. The fourth-order valence-electron chi connectivity index (χ4n) is 3.57. The molecule has 10 heteroatoms. The highest BCUT2D eigenvalue weighted by atomic mass is 16.6. The Kier molecular flexibility index (Phi) is 5.65. The van der Waals surface area contributed by atoms with E-state index in [4.69, 9.17) is 4.74 Å². The van der Waals surface area contributed by atoms with Crippen LogP contribution in [0.15, 0.2) is 65.6 Å². The molecule has 1 atom stereocenters. The second-order valence-electron chi connectivity index (χ2n) is 7.43. The molecule has 2 aromatic carbocycles. The Morgan fingerprint density at radius 2 is 1.88 bits per heavy atom. The van der Waals surface area contributed by atoms with Crippen molar-refractivity contribution in [2.75, 3.05) is 5.32 Å². The van der Waals surface area contributed by atoms with Crippen LogP contribution in [0.5, 0.6) is 5.75 Å². The molecule has 0 aliphatic heterocycles. The molecule has 4 rings (SSSR count). The van der Waals surface area contributed by atoms with Crippen molar-refractivity contribution in [3.8, 4) is 11.4 Å². The molecular weight excluding hydrogens is 426 g/mol. The van der Waals surface area contributed by atoms with E-state index >= 15 is 0 Å². The first-order chi connectivity index (χ1) is 15.8. The van der Waals surface area contributed by atoms with Gasteiger partial charge >= 0.3 is 0 Å². The minimum Gasteiger partial charge on any atom is -0.479 e. The van der Waals surface area contributed by atoms with Crippen LogP contribution in [0, 0.1) is 17.0 Å². The fourth-order valence-corrected chi connectivity index (χ4v) is 3.57. The lowest BCUT2D eigenvalue weighted by molar-refractivity contribution is -0.383. The first-order valence-corrected chi connectivity index (χ1v) is 10.1. The molecule has 0 spiro atoms. The molecule has 2 aromatic heterocycles. The van der Waals surface area contributed by atoms with Gasteiger partial charge in [0.1, 0.15) is 17.0 Å². The summed E-state index contributed by atoms with van der Waals surface area (Å²) in [5.41, 5.74) is 1.18. The fraction of sp³-hybridized carbons (Fsp3) is 0.174. The molecular formula is C23H21N5O5. The van der Waals surface area contributed by atoms with Crippen molar-refractivity contribution in [1.29, 1.82) is 0 Å². The monoisotopic (exact) mass is 447 g/mol. The molecule has 0 fully saturated rings. The number of benzene rings is 2. The van der Waals surface area contributed by atoms with Gasteiger partial charge in [-0.3, -0.25) is 29.4 Å². The summed E-state index contributed by atoms with van der Waals surface area (Å²) in [6, 6.07) is 15.0. The summed E-state index contributed by atoms with van der Waals surface area (Å²) >= 11 is 0. The molecule has 33 heavy (non-hydrogen) atoms. The molecule has 0 bridgehead atoms. The van der Waals surface area contributed by atoms with Gasteiger partial charge in [-0.15, -0.1) is 0 Å². The first-order valence-electron chi connectivity index (χ1n) is 10.1. The van der Waals surface area contributed by atoms with Gasteiger partial charge < -0.3 is 10.1 Å². The van der Waals surface area contributed by atoms with Gasteiger partial charge in [-0.25, -0.2) is 4.68 Å². The van der Waals surface area contributed by atoms with Crippen LogP contribution in [0.4, 0.5) is 11.4 Å². The number of non-ortho nitro benzene ring substituents is 1. The quantitative estimate of drug-likeness (QED) is 0.357. The molecule has 0 aliphatic rings. The van der Waals surface area contributed by atoms with Crippen molar-refractivity contribution in [2.24, 2.45) is 7.05 Å². The average Bonchev–Trinajstić information content (AvgIpc) is 3.02. The van der Waals surface area contributed by atoms with Gasteiger partial charge in [0.15, 0.2) is 6.10 Å². The zero-order valence-electron chi connectivity index (χ0n) is 18.2. The number of rotatable bonds is 6. The molecule has 0 saturated heterocycles. The van der Waals surface area contributed by atoms with Crippen LogP contribution in [-0.4, -0.2) is 31.3 Å². The van der Waals surface area contributed by atoms with E-state index in [0.717, 1.165) is 0 Å². The third kappa shape index (κ3) is 3.93. The van der Waals surface area contributed by atoms with Crippen LogP contribution in [0.1, 0.15) is 12.6 Å². The summed E-state index contributed by atoms with van der Waals surface area (Å²) in [5, 5.41) is 14.3. The van der Waals surface area contributed by atoms with Crippen molar-refractivity contribution in [3.63, 3.8) is 0 Å². The lowest BCUT2D eigenvalue weighted by Crippen LogP contribution is -2.32. The third-order valence-corrected chi connectivity index (χ3v) is 5.38. The number of pyridine rings is 1. The van der Waals surface area contributed by atoms with Crippen LogP contribution in [0.25, 0.3) is 16.6 Å². The highest BCUT2D eigenvalue weighted by Crippen LogP contribution is 2.31. The van der Waals surface area contributed by atoms with Crippen molar-refractivity contribution in [2.45, 2.75) is 20.0 Å². The van der Waals surface area contributed by atoms with Gasteiger partial charge in [0.05, 0.1) is 21.7 Å². The minimum absolute atomic E-state index is 0.107. The zero-order chi connectivity index (χ0) is 23.7. The Labute approximate surface area is 188 Å². The molecule has 1 unspecified atom stereocenters. The zero-order valence-corrected chi connectivity index (χ0v) is 18.2. The SMILES string of the molecule is Cc1c(NC(=O)C(C)Oc2ccc([N+](=O)[O-])c3cccnc23)c(=O)n(-c2ccccc2)n1C. The van der Waals surface area contributed by atoms with E-state index in [1.807, 2.05) is 18.2 Å². The van der Waals surface area contributed by atoms with Crippen LogP contribution in [-0.2, 0) is 11.8 Å². The van der Waals surface area contributed by atoms with Gasteiger partial charge in [-0.1, -0.05) is 18.2 Å². The molecule has 10 nitrogen and oxygen atoms in total. The lowest BCUT2D eigenvalue weighted by atomic mass is 10.1. The molecule has 4 aromatic rings. The number of hydrogen-bond donors (Lipinski definition) is 1. The highest BCUT2D eigenvalue weighted by Gasteiger charge is 2.23. The normalized spacial score (nSPS) is 11.8. The number of para-hydroxylation sites is 1. The summed E-state index contributed by atoms with van der Waals surface area (Å²) in [4.78, 5) is 40.9. The maximum absolute atomic E-state index is 13.0. The summed E-state index contributed by atoms with van der Waals surface area (Å²) in [6.45, 7) is 3.26. The number of hydrogen-bond acceptors (Lipinski definition) is 6. The topological polar surface area (TPSA) is 121 Å². The summed E-state index contributed by atoms with van der Waals surface area (Å²) in [6.07, 6.45) is 0.490. The number of nitrogens with zero attached hydrogens (tertiary/aromatic N) is 4. The van der Waals surface area contributed by atoms with Crippen LogP contribution in [0.3, 0.4) is 0 Å². The van der Waals surface area contributed by atoms with Crippen molar-refractivity contribution < 1.29 is 14.5 Å². The molecule has 1 N–H and O–H groups in total. The number of carbonyl (C=O) groups excluding carboxylic acids is 1. The second kappa shape index (κ2) is 8.58. The number of amides is 1. The lowest BCUT2D eigenvalue weighted by Gasteiger charge is -2.15. The van der Waals surface area contributed by atoms with E-state index in [1.165, 1.54) is 29.9 Å². The van der Waals surface area contributed by atoms with E-state index in [0.29, 0.717) is 16.8 Å². The van der Waals surface area contributed by atoms with E-state index in [2.05, 4.69) is 10.3 Å². The third-order valence-electron chi connectivity index (χ3n) is 5.38. The summed E-state index contributed by atoms with van der Waals surface area (Å²) < 4.78 is 8.91. The van der Waals surface area contributed by atoms with E-state index in [1.54, 1.807) is 42.9 Å². The summed E-state index contributed by atoms with van der Waals surface area (Å²) in [5.74, 6) is -0.311. The predicted molar refractivity (Wildman–Crippen MR) is 123 cm³/mol. The van der Waals surface area contributed by atoms with Crippen LogP contribution in [0.2, 0.25) is 0 Å². The molecule has 0 saturated carbocycles. The molecule has 168 valence electrons. The standard InChI is InChI=1S/C23H21N5O5/c1-14-20(23(30)27(26(14)3)16-8-5-4-6-9-16)25-22(29)15(2)33-19-12-11-18(28(31)32)17-10-7-13-24-21(17)19/h4-13,15H,1-3H3,(H,25,29). The Morgan fingerprint density at radius 3 is 2.58 bits per heavy atom. The van der Waals surface area contributed by atoms with Gasteiger partial charge in [-0.2, -0.15) is 0 Å². The molecule has 2 heterocycles. The number of fused-ring (bicyclic) bond motifs is 1. The highest BCUT2D eigenvalue weighted by molar-refractivity contribution is 5.96. The average molecular weight is 447 g/mol. The number of carbonyl (C=O) groups is 1. The number of nitrogens with one attached hydrogen (secondary N) is 1. The Morgan fingerprint density at radius 1 is 1.15 bits per heavy atom. The Hall–Kier alpha value is -4.47. The smallest absolute Gasteiger partial charge is 0.295 e. The predicted octanol–water partition coefficient (Wildman–Crippen LogP) is 3.35. The van der Waals surface area contributed by atoms with Crippen molar-refractivity contribution in [1.82, 2.24) is 14.3 Å². The van der Waals surface area contributed by atoms with Gasteiger partial charge in [-0.05, 0) is 44.2 Å². The Balaban J connectivity index is 1.61. The van der Waals surface area contributed by atoms with Crippen molar-refractivity contribution in [3.05, 3.63) is 87.0 Å². The number of nitro benzene ring substituents is 1. The first kappa shape index (κ1) is 21.8. The van der Waals surface area contributed by atoms with Crippen LogP contribution >= 0.6 is 0 Å². The number of anilines is 1. The van der Waals surface area contributed by atoms with Gasteiger partial charge in [0.25, 0.3) is 17.2 Å². The van der Waals surface area contributed by atoms with Crippen LogP contribution < -0.4 is 15.6 Å². The molecule has 0 aliphatic carbocycles. The minimum atomic E-state index is -0.999. The van der Waals surface area contributed by atoms with E-state index in [-0.39, 0.29) is 28.2 Å². The van der Waals surface area contributed by atoms with E-state index in [9.17, 15) is 19.7 Å². The number of ether oxygens (including phenoxy) is 1. The largest absolute Gasteiger partial charge is 0.479 e. The second-order valence-corrected chi connectivity index (χ2v) is 7.43. The van der Waals surface area contributed by atoms with Gasteiger partial charge in [0.2, 0.25) is 0 Å².